The van der Waals surface area contributed by atoms with Crippen LogP contribution in [-0.4, -0.2) is 53.6 Å². The van der Waals surface area contributed by atoms with Crippen molar-refractivity contribution in [3.63, 3.8) is 0 Å². The summed E-state index contributed by atoms with van der Waals surface area (Å²) in [4.78, 5) is 36.0. The second-order valence-corrected chi connectivity index (χ2v) is 5.52. The van der Waals surface area contributed by atoms with E-state index in [4.69, 9.17) is 4.74 Å². The second-order valence-electron chi connectivity index (χ2n) is 5.52. The van der Waals surface area contributed by atoms with Crippen LogP contribution in [0.5, 0.6) is 0 Å². The fraction of sp³-hybridized carbons (Fsp3) is 0.533. The molecule has 7 nitrogen and oxygen atoms in total. The van der Waals surface area contributed by atoms with Gasteiger partial charge in [-0.2, -0.15) is 0 Å². The molecule has 0 unspecified atom stereocenters. The standard InChI is InChI=1S/C15H22N2O5/c1-4-5-22-15(21)17-8-11(7-12(18)9-17)16-13(14(19)20)6-10(2)3/h4,7,10,13,16H,1,5-6,8-9H2,2-3H3,(H,19,20)/t13-/m0/s1. The molecule has 1 heterocycles. The van der Waals surface area contributed by atoms with E-state index in [2.05, 4.69) is 11.9 Å². The zero-order chi connectivity index (χ0) is 16.7. The summed E-state index contributed by atoms with van der Waals surface area (Å²) >= 11 is 0. The minimum atomic E-state index is -0.992. The summed E-state index contributed by atoms with van der Waals surface area (Å²) in [5, 5.41) is 12.0. The highest BCUT2D eigenvalue weighted by molar-refractivity contribution is 5.95. The zero-order valence-electron chi connectivity index (χ0n) is 12.9. The van der Waals surface area contributed by atoms with Crippen LogP contribution < -0.4 is 5.32 Å². The van der Waals surface area contributed by atoms with Crippen molar-refractivity contribution in [2.75, 3.05) is 19.7 Å². The first-order valence-electron chi connectivity index (χ1n) is 7.08. The quantitative estimate of drug-likeness (QED) is 0.685. The largest absolute Gasteiger partial charge is 0.480 e. The molecule has 0 saturated heterocycles. The number of carbonyl (C=O) groups is 3. The minimum Gasteiger partial charge on any atom is -0.480 e. The molecule has 22 heavy (non-hydrogen) atoms. The van der Waals surface area contributed by atoms with Gasteiger partial charge in [-0.1, -0.05) is 26.5 Å². The fourth-order valence-electron chi connectivity index (χ4n) is 2.09. The Labute approximate surface area is 129 Å². The predicted octanol–water partition coefficient (Wildman–Crippen LogP) is 1.17. The van der Waals surface area contributed by atoms with Crippen molar-refractivity contribution < 1.29 is 24.2 Å². The van der Waals surface area contributed by atoms with Gasteiger partial charge in [-0.25, -0.2) is 9.59 Å². The van der Waals surface area contributed by atoms with Gasteiger partial charge in [0.2, 0.25) is 0 Å². The molecule has 1 amide bonds. The van der Waals surface area contributed by atoms with E-state index in [1.807, 2.05) is 13.8 Å². The SMILES string of the molecule is C=CCOC(=O)N1CC(=O)C=C(N[C@@H](CC(C)C)C(=O)O)C1. The molecular formula is C15H22N2O5. The van der Waals surface area contributed by atoms with E-state index < -0.39 is 18.1 Å². The fourth-order valence-corrected chi connectivity index (χ4v) is 2.09. The van der Waals surface area contributed by atoms with E-state index in [1.165, 1.54) is 17.1 Å². The summed E-state index contributed by atoms with van der Waals surface area (Å²) in [5.41, 5.74) is 0.403. The van der Waals surface area contributed by atoms with Crippen LogP contribution >= 0.6 is 0 Å². The highest BCUT2D eigenvalue weighted by Gasteiger charge is 2.27. The first kappa shape index (κ1) is 17.7. The summed E-state index contributed by atoms with van der Waals surface area (Å²) < 4.78 is 4.89. The number of amides is 1. The van der Waals surface area contributed by atoms with Gasteiger partial charge in [0.25, 0.3) is 0 Å². The Morgan fingerprint density at radius 3 is 2.73 bits per heavy atom. The van der Waals surface area contributed by atoms with Crippen molar-refractivity contribution in [2.45, 2.75) is 26.3 Å². The molecule has 0 bridgehead atoms. The first-order chi connectivity index (χ1) is 10.3. The number of carbonyl (C=O) groups excluding carboxylic acids is 2. The predicted molar refractivity (Wildman–Crippen MR) is 80.2 cm³/mol. The molecule has 0 radical (unpaired) electrons. The van der Waals surface area contributed by atoms with Gasteiger partial charge < -0.3 is 15.2 Å². The van der Waals surface area contributed by atoms with E-state index in [1.54, 1.807) is 0 Å². The van der Waals surface area contributed by atoms with E-state index in [-0.39, 0.29) is 31.4 Å². The molecule has 0 aromatic carbocycles. The summed E-state index contributed by atoms with van der Waals surface area (Å²) in [6, 6.07) is -0.803. The maximum Gasteiger partial charge on any atom is 0.410 e. The Morgan fingerprint density at radius 2 is 2.18 bits per heavy atom. The van der Waals surface area contributed by atoms with E-state index in [9.17, 15) is 19.5 Å². The molecule has 1 aliphatic heterocycles. The van der Waals surface area contributed by atoms with Gasteiger partial charge in [-0.05, 0) is 12.3 Å². The number of rotatable bonds is 7. The van der Waals surface area contributed by atoms with Gasteiger partial charge in [-0.15, -0.1) is 0 Å². The third-order valence-electron chi connectivity index (χ3n) is 2.99. The van der Waals surface area contributed by atoms with Crippen LogP contribution in [0.25, 0.3) is 0 Å². The second kappa shape index (κ2) is 8.21. The van der Waals surface area contributed by atoms with Gasteiger partial charge in [0.05, 0.1) is 13.1 Å². The lowest BCUT2D eigenvalue weighted by Crippen LogP contribution is -2.46. The molecule has 1 atom stereocenters. The maximum absolute atomic E-state index is 11.8. The monoisotopic (exact) mass is 310 g/mol. The van der Waals surface area contributed by atoms with Gasteiger partial charge in [0.15, 0.2) is 5.78 Å². The maximum atomic E-state index is 11.8. The van der Waals surface area contributed by atoms with Crippen molar-refractivity contribution in [2.24, 2.45) is 5.92 Å². The zero-order valence-corrected chi connectivity index (χ0v) is 12.9. The topological polar surface area (TPSA) is 95.9 Å². The lowest BCUT2D eigenvalue weighted by molar-refractivity contribution is -0.139. The Bertz CT molecular complexity index is 484. The van der Waals surface area contributed by atoms with Gasteiger partial charge >= 0.3 is 12.1 Å². The van der Waals surface area contributed by atoms with E-state index in [0.717, 1.165) is 0 Å². The molecule has 0 spiro atoms. The Morgan fingerprint density at radius 1 is 1.50 bits per heavy atom. The van der Waals surface area contributed by atoms with Crippen molar-refractivity contribution in [3.05, 3.63) is 24.4 Å². The minimum absolute atomic E-state index is 0.0566. The summed E-state index contributed by atoms with van der Waals surface area (Å²) in [7, 11) is 0. The highest BCUT2D eigenvalue weighted by atomic mass is 16.6. The smallest absolute Gasteiger partial charge is 0.410 e. The number of carboxylic acid groups (broad SMARTS) is 1. The van der Waals surface area contributed by atoms with Crippen LogP contribution in [-0.2, 0) is 14.3 Å². The molecule has 122 valence electrons. The van der Waals surface area contributed by atoms with Crippen LogP contribution in [0.4, 0.5) is 4.79 Å². The number of aliphatic carboxylic acids is 1. The van der Waals surface area contributed by atoms with E-state index in [0.29, 0.717) is 12.1 Å². The number of hydrogen-bond acceptors (Lipinski definition) is 5. The van der Waals surface area contributed by atoms with Gasteiger partial charge in [-0.3, -0.25) is 9.69 Å². The van der Waals surface area contributed by atoms with Crippen LogP contribution in [0.1, 0.15) is 20.3 Å². The number of hydrogen-bond donors (Lipinski definition) is 2. The highest BCUT2D eigenvalue weighted by Crippen LogP contribution is 2.11. The molecule has 0 aromatic rings. The molecule has 0 aliphatic carbocycles. The first-order valence-corrected chi connectivity index (χ1v) is 7.08. The van der Waals surface area contributed by atoms with Crippen molar-refractivity contribution >= 4 is 17.8 Å². The molecule has 1 aliphatic rings. The van der Waals surface area contributed by atoms with Crippen molar-refractivity contribution in [1.29, 1.82) is 0 Å². The molecule has 1 rings (SSSR count). The number of carboxylic acids is 1. The molecule has 2 N–H and O–H groups in total. The average molecular weight is 310 g/mol. The summed E-state index contributed by atoms with van der Waals surface area (Å²) in [5.74, 6) is -1.09. The van der Waals surface area contributed by atoms with Gasteiger partial charge in [0.1, 0.15) is 12.6 Å². The van der Waals surface area contributed by atoms with Crippen LogP contribution in [0.2, 0.25) is 0 Å². The van der Waals surface area contributed by atoms with E-state index >= 15 is 0 Å². The number of ketones is 1. The number of ether oxygens (including phenoxy) is 1. The van der Waals surface area contributed by atoms with Gasteiger partial charge in [0, 0.05) is 11.8 Å². The Hall–Kier alpha value is -2.31. The summed E-state index contributed by atoms with van der Waals surface area (Å²) in [6.45, 7) is 7.36. The molecular weight excluding hydrogens is 288 g/mol. The lowest BCUT2D eigenvalue weighted by Gasteiger charge is -2.28. The number of nitrogens with one attached hydrogen (secondary N) is 1. The third kappa shape index (κ3) is 5.59. The molecule has 0 fully saturated rings. The lowest BCUT2D eigenvalue weighted by atomic mass is 10.0. The van der Waals surface area contributed by atoms with Crippen molar-refractivity contribution in [3.8, 4) is 0 Å². The Balaban J connectivity index is 2.73. The molecule has 7 heteroatoms. The Kier molecular flexibility index (Phi) is 6.62. The van der Waals surface area contributed by atoms with Crippen LogP contribution in [0, 0.1) is 5.92 Å². The van der Waals surface area contributed by atoms with Crippen LogP contribution in [0.15, 0.2) is 24.4 Å². The normalized spacial score (nSPS) is 16.0. The average Bonchev–Trinajstić information content (AvgIpc) is 2.42. The summed E-state index contributed by atoms with van der Waals surface area (Å²) in [6.07, 6.45) is 2.56. The molecule has 0 saturated carbocycles. The van der Waals surface area contributed by atoms with Crippen LogP contribution in [0.3, 0.4) is 0 Å². The number of nitrogens with zero attached hydrogens (tertiary/aromatic N) is 1. The molecule has 0 aromatic heterocycles. The third-order valence-corrected chi connectivity index (χ3v) is 2.99. The van der Waals surface area contributed by atoms with Crippen molar-refractivity contribution in [1.82, 2.24) is 10.2 Å².